The number of carbonyl (C=O) groups is 3. The molecule has 2 saturated heterocycles. The maximum Gasteiger partial charge on any atom is 0.343 e. The van der Waals surface area contributed by atoms with E-state index in [0.717, 1.165) is 26.2 Å². The molecule has 2 aromatic carbocycles. The Labute approximate surface area is 229 Å². The molecule has 0 atom stereocenters. The molecule has 0 radical (unpaired) electrons. The fraction of sp³-hybridized carbons (Fsp3) is 0.423. The summed E-state index contributed by atoms with van der Waals surface area (Å²) in [6.07, 6.45) is 0. The van der Waals surface area contributed by atoms with Gasteiger partial charge in [0.05, 0.1) is 30.9 Å². The smallest absolute Gasteiger partial charge is 0.343 e. The van der Waals surface area contributed by atoms with Crippen LogP contribution in [0.3, 0.4) is 0 Å². The van der Waals surface area contributed by atoms with Crippen LogP contribution in [0.5, 0.6) is 5.75 Å². The number of amides is 1. The molecule has 2 aromatic rings. The Kier molecular flexibility index (Phi) is 12.8. The molecule has 2 heterocycles. The van der Waals surface area contributed by atoms with E-state index in [1.165, 1.54) is 0 Å². The molecule has 0 spiro atoms. The second-order valence-electron chi connectivity index (χ2n) is 8.53. The van der Waals surface area contributed by atoms with E-state index >= 15 is 0 Å². The lowest BCUT2D eigenvalue weighted by atomic mass is 10.2. The van der Waals surface area contributed by atoms with E-state index in [1.807, 2.05) is 11.0 Å². The monoisotopic (exact) mass is 553 g/mol. The normalized spacial score (nSPS) is 16.2. The van der Waals surface area contributed by atoms with Gasteiger partial charge in [0.2, 0.25) is 5.91 Å². The SMILES string of the molecule is Cl.Cl.O=C(OCCN1CCN(CC(=O)N2CCOCC2)CC1)c1ccc(OC(=O)c2ccccc2)cc1. The Balaban J connectivity index is 0.00000241. The Morgan fingerprint density at radius 1 is 0.730 bits per heavy atom. The van der Waals surface area contributed by atoms with Crippen molar-refractivity contribution in [3.63, 3.8) is 0 Å². The molecule has 0 bridgehead atoms. The van der Waals surface area contributed by atoms with Gasteiger partial charge in [-0.3, -0.25) is 14.6 Å². The minimum atomic E-state index is -0.452. The van der Waals surface area contributed by atoms with Crippen LogP contribution in [0.2, 0.25) is 0 Å². The lowest BCUT2D eigenvalue weighted by Gasteiger charge is -2.35. The summed E-state index contributed by atoms with van der Waals surface area (Å²) in [6.45, 7) is 7.23. The minimum absolute atomic E-state index is 0. The summed E-state index contributed by atoms with van der Waals surface area (Å²) in [5.41, 5.74) is 0.858. The Morgan fingerprint density at radius 2 is 1.32 bits per heavy atom. The first-order valence-electron chi connectivity index (χ1n) is 11.9. The van der Waals surface area contributed by atoms with Crippen LogP contribution in [0.1, 0.15) is 20.7 Å². The van der Waals surface area contributed by atoms with Gasteiger partial charge in [-0.25, -0.2) is 9.59 Å². The Hall–Kier alpha value is -2.69. The predicted octanol–water partition coefficient (Wildman–Crippen LogP) is 2.38. The van der Waals surface area contributed by atoms with Crippen molar-refractivity contribution < 1.29 is 28.6 Å². The molecule has 2 aliphatic heterocycles. The second-order valence-corrected chi connectivity index (χ2v) is 8.53. The number of rotatable bonds is 8. The van der Waals surface area contributed by atoms with Crippen molar-refractivity contribution in [3.05, 3.63) is 65.7 Å². The third-order valence-electron chi connectivity index (χ3n) is 6.14. The lowest BCUT2D eigenvalue weighted by molar-refractivity contribution is -0.136. The summed E-state index contributed by atoms with van der Waals surface area (Å²) >= 11 is 0. The average molecular weight is 554 g/mol. The van der Waals surface area contributed by atoms with Crippen LogP contribution >= 0.6 is 24.8 Å². The highest BCUT2D eigenvalue weighted by Gasteiger charge is 2.23. The molecule has 0 saturated carbocycles. The quantitative estimate of drug-likeness (QED) is 0.363. The van der Waals surface area contributed by atoms with Gasteiger partial charge in [0.15, 0.2) is 0 Å². The van der Waals surface area contributed by atoms with E-state index in [1.54, 1.807) is 48.5 Å². The van der Waals surface area contributed by atoms with Crippen molar-refractivity contribution in [1.29, 1.82) is 0 Å². The number of ether oxygens (including phenoxy) is 3. The van der Waals surface area contributed by atoms with Gasteiger partial charge in [-0.15, -0.1) is 24.8 Å². The van der Waals surface area contributed by atoms with Gasteiger partial charge in [0, 0.05) is 45.8 Å². The largest absolute Gasteiger partial charge is 0.461 e. The van der Waals surface area contributed by atoms with Crippen LogP contribution in [0.4, 0.5) is 0 Å². The number of hydrogen-bond donors (Lipinski definition) is 0. The second kappa shape index (κ2) is 15.5. The van der Waals surface area contributed by atoms with Gasteiger partial charge in [-0.1, -0.05) is 18.2 Å². The zero-order valence-corrected chi connectivity index (χ0v) is 22.2. The minimum Gasteiger partial charge on any atom is -0.461 e. The zero-order chi connectivity index (χ0) is 24.5. The Bertz CT molecular complexity index is 995. The van der Waals surface area contributed by atoms with Crippen LogP contribution in [0.15, 0.2) is 54.6 Å². The highest BCUT2D eigenvalue weighted by Crippen LogP contribution is 2.15. The molecule has 1 amide bonds. The molecule has 202 valence electrons. The summed E-state index contributed by atoms with van der Waals surface area (Å²) in [5, 5.41) is 0. The molecule has 2 aliphatic rings. The summed E-state index contributed by atoms with van der Waals surface area (Å²) in [5.74, 6) is -0.343. The molecule has 0 unspecified atom stereocenters. The number of hydrogen-bond acceptors (Lipinski definition) is 8. The first-order chi connectivity index (χ1) is 17.1. The molecule has 0 aromatic heterocycles. The van der Waals surface area contributed by atoms with Crippen LogP contribution in [-0.2, 0) is 14.3 Å². The van der Waals surface area contributed by atoms with E-state index in [2.05, 4.69) is 9.80 Å². The third kappa shape index (κ3) is 9.28. The average Bonchev–Trinajstić information content (AvgIpc) is 2.91. The first kappa shape index (κ1) is 30.5. The van der Waals surface area contributed by atoms with Crippen LogP contribution in [-0.4, -0.2) is 105 Å². The van der Waals surface area contributed by atoms with Crippen molar-refractivity contribution >= 4 is 42.7 Å². The summed E-state index contributed by atoms with van der Waals surface area (Å²) in [6, 6.07) is 15.0. The number of nitrogens with zero attached hydrogens (tertiary/aromatic N) is 3. The zero-order valence-electron chi connectivity index (χ0n) is 20.6. The number of carbonyl (C=O) groups excluding carboxylic acids is 3. The van der Waals surface area contributed by atoms with E-state index in [9.17, 15) is 14.4 Å². The van der Waals surface area contributed by atoms with E-state index in [4.69, 9.17) is 14.2 Å². The van der Waals surface area contributed by atoms with E-state index in [-0.39, 0.29) is 37.3 Å². The standard InChI is InChI=1S/C26H31N3O6.2ClH/c30-24(29-15-17-33-18-16-29)20-28-12-10-27(11-13-28)14-19-34-25(31)22-6-8-23(9-7-22)35-26(32)21-4-2-1-3-5-21;;/h1-9H,10-20H2;2*1H. The van der Waals surface area contributed by atoms with Crippen molar-refractivity contribution in [2.24, 2.45) is 0 Å². The van der Waals surface area contributed by atoms with Gasteiger partial charge in [-0.05, 0) is 36.4 Å². The van der Waals surface area contributed by atoms with Crippen molar-refractivity contribution in [2.75, 3.05) is 72.2 Å². The van der Waals surface area contributed by atoms with E-state index in [0.29, 0.717) is 56.3 Å². The number of halogens is 2. The van der Waals surface area contributed by atoms with Crippen molar-refractivity contribution in [2.45, 2.75) is 0 Å². The van der Waals surface area contributed by atoms with Gasteiger partial charge < -0.3 is 19.1 Å². The van der Waals surface area contributed by atoms with Crippen LogP contribution in [0.25, 0.3) is 0 Å². The molecule has 4 rings (SSSR count). The maximum atomic E-state index is 12.4. The molecule has 9 nitrogen and oxygen atoms in total. The summed E-state index contributed by atoms with van der Waals surface area (Å²) in [7, 11) is 0. The molecule has 11 heteroatoms. The number of piperazine rings is 1. The molecule has 2 fully saturated rings. The van der Waals surface area contributed by atoms with Crippen molar-refractivity contribution in [1.82, 2.24) is 14.7 Å². The number of morpholine rings is 1. The van der Waals surface area contributed by atoms with Gasteiger partial charge in [0.1, 0.15) is 12.4 Å². The highest BCUT2D eigenvalue weighted by molar-refractivity contribution is 5.92. The predicted molar refractivity (Wildman–Crippen MR) is 143 cm³/mol. The number of esters is 2. The lowest BCUT2D eigenvalue weighted by Crippen LogP contribution is -2.52. The number of benzene rings is 2. The fourth-order valence-electron chi connectivity index (χ4n) is 4.03. The van der Waals surface area contributed by atoms with Crippen LogP contribution < -0.4 is 4.74 Å². The summed E-state index contributed by atoms with van der Waals surface area (Å²) in [4.78, 5) is 43.2. The summed E-state index contributed by atoms with van der Waals surface area (Å²) < 4.78 is 16.1. The van der Waals surface area contributed by atoms with Crippen molar-refractivity contribution in [3.8, 4) is 5.75 Å². The molecule has 0 N–H and O–H groups in total. The fourth-order valence-corrected chi connectivity index (χ4v) is 4.03. The molecular weight excluding hydrogens is 521 g/mol. The maximum absolute atomic E-state index is 12.4. The highest BCUT2D eigenvalue weighted by atomic mass is 35.5. The first-order valence-corrected chi connectivity index (χ1v) is 11.9. The third-order valence-corrected chi connectivity index (χ3v) is 6.14. The molecular formula is C26H33Cl2N3O6. The molecule has 37 heavy (non-hydrogen) atoms. The Morgan fingerprint density at radius 3 is 1.97 bits per heavy atom. The van der Waals surface area contributed by atoms with Crippen LogP contribution in [0, 0.1) is 0 Å². The molecule has 0 aliphatic carbocycles. The van der Waals surface area contributed by atoms with Gasteiger partial charge in [0.25, 0.3) is 0 Å². The van der Waals surface area contributed by atoms with Gasteiger partial charge >= 0.3 is 11.9 Å². The van der Waals surface area contributed by atoms with E-state index < -0.39 is 11.9 Å². The van der Waals surface area contributed by atoms with Gasteiger partial charge in [-0.2, -0.15) is 0 Å². The topological polar surface area (TPSA) is 88.6 Å².